The van der Waals surface area contributed by atoms with Crippen LogP contribution in [0.4, 0.5) is 11.4 Å². The van der Waals surface area contributed by atoms with Crippen LogP contribution in [0.5, 0.6) is 0 Å². The normalized spacial score (nSPS) is 9.57. The van der Waals surface area contributed by atoms with Crippen LogP contribution in [0.2, 0.25) is 0 Å². The average Bonchev–Trinajstić information content (AvgIpc) is 2.47. The summed E-state index contributed by atoms with van der Waals surface area (Å²) in [4.78, 5) is 13.3. The van der Waals surface area contributed by atoms with E-state index in [1.165, 1.54) is 0 Å². The van der Waals surface area contributed by atoms with Gasteiger partial charge >= 0.3 is 0 Å². The fourth-order valence-corrected chi connectivity index (χ4v) is 1.95. The highest BCUT2D eigenvalue weighted by atomic mass is 32.1. The predicted octanol–water partition coefficient (Wildman–Crippen LogP) is 3.41. The Bertz CT molecular complexity index is 518. The molecule has 1 rings (SSSR count). The average molecular weight is 303 g/mol. The smallest absolute Gasteiger partial charge is 0.224 e. The number of carbonyl (C=O) groups excluding carboxylic acids is 1. The fourth-order valence-electron chi connectivity index (χ4n) is 1.68. The Labute approximate surface area is 131 Å². The Kier molecular flexibility index (Phi) is 7.18. The van der Waals surface area contributed by atoms with Gasteiger partial charge in [-0.2, -0.15) is 0 Å². The van der Waals surface area contributed by atoms with E-state index in [1.54, 1.807) is 12.2 Å². The SMILES string of the molecule is C=CCN(CC=C)C(=S)Nc1cccc(NC(=O)CC)c1. The second kappa shape index (κ2) is 8.92. The molecule has 0 unspecified atom stereocenters. The monoisotopic (exact) mass is 303 g/mol. The molecule has 0 fully saturated rings. The maximum absolute atomic E-state index is 11.4. The molecular formula is C16H21N3OS. The summed E-state index contributed by atoms with van der Waals surface area (Å²) in [6, 6.07) is 7.45. The minimum Gasteiger partial charge on any atom is -0.342 e. The Hall–Kier alpha value is -2.14. The van der Waals surface area contributed by atoms with E-state index in [1.807, 2.05) is 36.1 Å². The van der Waals surface area contributed by atoms with Crippen LogP contribution in [-0.2, 0) is 4.79 Å². The highest BCUT2D eigenvalue weighted by Crippen LogP contribution is 2.16. The molecule has 21 heavy (non-hydrogen) atoms. The highest BCUT2D eigenvalue weighted by Gasteiger charge is 2.07. The first-order valence-corrected chi connectivity index (χ1v) is 7.19. The minimum atomic E-state index is -0.0188. The van der Waals surface area contributed by atoms with Gasteiger partial charge in [-0.3, -0.25) is 4.79 Å². The fraction of sp³-hybridized carbons (Fsp3) is 0.250. The zero-order valence-electron chi connectivity index (χ0n) is 12.3. The lowest BCUT2D eigenvalue weighted by Gasteiger charge is -2.23. The van der Waals surface area contributed by atoms with Crippen LogP contribution in [0.1, 0.15) is 13.3 Å². The van der Waals surface area contributed by atoms with Crippen LogP contribution < -0.4 is 10.6 Å². The van der Waals surface area contributed by atoms with Gasteiger partial charge in [0.2, 0.25) is 5.91 Å². The largest absolute Gasteiger partial charge is 0.342 e. The molecule has 0 bridgehead atoms. The summed E-state index contributed by atoms with van der Waals surface area (Å²) in [7, 11) is 0. The van der Waals surface area contributed by atoms with E-state index in [0.29, 0.717) is 24.6 Å². The van der Waals surface area contributed by atoms with Crippen molar-refractivity contribution in [2.24, 2.45) is 0 Å². The lowest BCUT2D eigenvalue weighted by Crippen LogP contribution is -2.34. The second-order valence-electron chi connectivity index (χ2n) is 4.40. The van der Waals surface area contributed by atoms with Gasteiger partial charge in [0, 0.05) is 30.9 Å². The zero-order chi connectivity index (χ0) is 15.7. The number of amides is 1. The van der Waals surface area contributed by atoms with Gasteiger partial charge in [-0.1, -0.05) is 25.1 Å². The molecule has 112 valence electrons. The molecular weight excluding hydrogens is 282 g/mol. The van der Waals surface area contributed by atoms with Crippen LogP contribution in [-0.4, -0.2) is 29.0 Å². The molecule has 0 aliphatic rings. The number of nitrogens with one attached hydrogen (secondary N) is 2. The van der Waals surface area contributed by atoms with Crippen molar-refractivity contribution < 1.29 is 4.79 Å². The van der Waals surface area contributed by atoms with Crippen LogP contribution in [0.25, 0.3) is 0 Å². The molecule has 2 N–H and O–H groups in total. The van der Waals surface area contributed by atoms with Crippen LogP contribution in [0.15, 0.2) is 49.6 Å². The first-order chi connectivity index (χ1) is 10.1. The number of hydrogen-bond acceptors (Lipinski definition) is 2. The molecule has 1 aromatic rings. The topological polar surface area (TPSA) is 44.4 Å². The van der Waals surface area contributed by atoms with E-state index < -0.39 is 0 Å². The Morgan fingerprint density at radius 2 is 1.81 bits per heavy atom. The van der Waals surface area contributed by atoms with Crippen LogP contribution >= 0.6 is 12.2 Å². The second-order valence-corrected chi connectivity index (χ2v) is 4.78. The maximum atomic E-state index is 11.4. The number of hydrogen-bond donors (Lipinski definition) is 2. The predicted molar refractivity (Wildman–Crippen MR) is 93.6 cm³/mol. The van der Waals surface area contributed by atoms with Gasteiger partial charge in [0.05, 0.1) is 0 Å². The van der Waals surface area contributed by atoms with Gasteiger partial charge in [-0.25, -0.2) is 0 Å². The van der Waals surface area contributed by atoms with E-state index in [4.69, 9.17) is 12.2 Å². The number of anilines is 2. The molecule has 0 aliphatic heterocycles. The van der Waals surface area contributed by atoms with Gasteiger partial charge in [0.25, 0.3) is 0 Å². The highest BCUT2D eigenvalue weighted by molar-refractivity contribution is 7.80. The molecule has 0 heterocycles. The maximum Gasteiger partial charge on any atom is 0.224 e. The van der Waals surface area contributed by atoms with Crippen molar-refractivity contribution in [2.75, 3.05) is 23.7 Å². The van der Waals surface area contributed by atoms with Gasteiger partial charge in [0.15, 0.2) is 5.11 Å². The van der Waals surface area contributed by atoms with Gasteiger partial charge in [-0.05, 0) is 30.4 Å². The first-order valence-electron chi connectivity index (χ1n) is 6.78. The Morgan fingerprint density at radius 3 is 2.33 bits per heavy atom. The molecule has 0 saturated heterocycles. The molecule has 0 aliphatic carbocycles. The molecule has 0 aromatic heterocycles. The Balaban J connectivity index is 2.74. The summed E-state index contributed by atoms with van der Waals surface area (Å²) in [5.41, 5.74) is 1.57. The molecule has 5 heteroatoms. The molecule has 0 saturated carbocycles. The Morgan fingerprint density at radius 1 is 1.24 bits per heavy atom. The number of thiocarbonyl (C=S) groups is 1. The van der Waals surface area contributed by atoms with E-state index in [2.05, 4.69) is 23.8 Å². The summed E-state index contributed by atoms with van der Waals surface area (Å²) >= 11 is 5.37. The van der Waals surface area contributed by atoms with Crippen molar-refractivity contribution in [3.05, 3.63) is 49.6 Å². The third-order valence-electron chi connectivity index (χ3n) is 2.70. The summed E-state index contributed by atoms with van der Waals surface area (Å²) < 4.78 is 0. The molecule has 0 atom stereocenters. The standard InChI is InChI=1S/C16H21N3OS/c1-4-10-19(11-5-2)16(21)18-14-9-7-8-13(12-14)17-15(20)6-3/h4-5,7-9,12H,1-2,6,10-11H2,3H3,(H,17,20)(H,18,21). The quantitative estimate of drug-likeness (QED) is 0.598. The third kappa shape index (κ3) is 5.79. The number of benzene rings is 1. The van der Waals surface area contributed by atoms with E-state index in [-0.39, 0.29) is 5.91 Å². The van der Waals surface area contributed by atoms with Crippen molar-refractivity contribution in [3.63, 3.8) is 0 Å². The molecule has 0 spiro atoms. The number of nitrogens with zero attached hydrogens (tertiary/aromatic N) is 1. The minimum absolute atomic E-state index is 0.0188. The lowest BCUT2D eigenvalue weighted by atomic mass is 10.2. The molecule has 1 amide bonds. The van der Waals surface area contributed by atoms with Crippen molar-refractivity contribution in [3.8, 4) is 0 Å². The van der Waals surface area contributed by atoms with Gasteiger partial charge in [-0.15, -0.1) is 13.2 Å². The summed E-state index contributed by atoms with van der Waals surface area (Å²) in [5, 5.41) is 6.56. The van der Waals surface area contributed by atoms with Crippen molar-refractivity contribution in [1.82, 2.24) is 4.90 Å². The van der Waals surface area contributed by atoms with E-state index in [0.717, 1.165) is 11.4 Å². The molecule has 0 radical (unpaired) electrons. The van der Waals surface area contributed by atoms with Gasteiger partial charge in [0.1, 0.15) is 0 Å². The van der Waals surface area contributed by atoms with Gasteiger partial charge < -0.3 is 15.5 Å². The number of rotatable bonds is 7. The van der Waals surface area contributed by atoms with Crippen molar-refractivity contribution in [1.29, 1.82) is 0 Å². The van der Waals surface area contributed by atoms with Crippen LogP contribution in [0, 0.1) is 0 Å². The van der Waals surface area contributed by atoms with Crippen molar-refractivity contribution >= 4 is 34.6 Å². The summed E-state index contributed by atoms with van der Waals surface area (Å²) in [5.74, 6) is -0.0188. The zero-order valence-corrected chi connectivity index (χ0v) is 13.1. The molecule has 4 nitrogen and oxygen atoms in total. The third-order valence-corrected chi connectivity index (χ3v) is 3.07. The summed E-state index contributed by atoms with van der Waals surface area (Å²) in [6.07, 6.45) is 4.02. The number of carbonyl (C=O) groups is 1. The van der Waals surface area contributed by atoms with E-state index >= 15 is 0 Å². The lowest BCUT2D eigenvalue weighted by molar-refractivity contribution is -0.115. The molecule has 1 aromatic carbocycles. The summed E-state index contributed by atoms with van der Waals surface area (Å²) in [6.45, 7) is 10.5. The van der Waals surface area contributed by atoms with Crippen LogP contribution in [0.3, 0.4) is 0 Å². The van der Waals surface area contributed by atoms with Crippen molar-refractivity contribution in [2.45, 2.75) is 13.3 Å². The van der Waals surface area contributed by atoms with E-state index in [9.17, 15) is 4.79 Å². The first kappa shape index (κ1) is 16.9.